The lowest BCUT2D eigenvalue weighted by Crippen LogP contribution is -2.30. The molecule has 1 heterocycles. The number of nitrogen functional groups attached to an aromatic ring is 1. The van der Waals surface area contributed by atoms with Crippen LogP contribution in [0.2, 0.25) is 5.02 Å². The highest BCUT2D eigenvalue weighted by molar-refractivity contribution is 9.10. The van der Waals surface area contributed by atoms with Gasteiger partial charge in [-0.15, -0.1) is 15.0 Å². The summed E-state index contributed by atoms with van der Waals surface area (Å²) in [6.07, 6.45) is 0. The molecule has 31 heavy (non-hydrogen) atoms. The van der Waals surface area contributed by atoms with Crippen molar-refractivity contribution < 1.29 is 19.7 Å². The van der Waals surface area contributed by atoms with Crippen LogP contribution in [0.5, 0.6) is 5.75 Å². The number of hydrogen-bond donors (Lipinski definition) is 4. The summed E-state index contributed by atoms with van der Waals surface area (Å²) in [7, 11) is 1.49. The number of carbonyl (C=O) groups excluding carboxylic acids is 1. The van der Waals surface area contributed by atoms with Gasteiger partial charge in [0.15, 0.2) is 0 Å². The van der Waals surface area contributed by atoms with E-state index in [1.807, 2.05) is 0 Å². The molecule has 0 radical (unpaired) electrons. The van der Waals surface area contributed by atoms with Crippen LogP contribution in [0.4, 0.5) is 17.1 Å². The number of nitrogens with two attached hydrogens (primary N) is 1. The molecule has 5 N–H and O–H groups in total. The van der Waals surface area contributed by atoms with Gasteiger partial charge >= 0.3 is 0 Å². The minimum Gasteiger partial charge on any atom is -0.495 e. The summed E-state index contributed by atoms with van der Waals surface area (Å²) in [5.74, 6) is 0.147. The first-order chi connectivity index (χ1) is 14.8. The smallest absolute Gasteiger partial charge is 0.221 e. The van der Waals surface area contributed by atoms with E-state index < -0.39 is 0 Å². The van der Waals surface area contributed by atoms with Crippen molar-refractivity contribution in [2.75, 3.05) is 49.4 Å². The van der Waals surface area contributed by atoms with Crippen LogP contribution in [0, 0.1) is 0 Å². The molecule has 0 unspecified atom stereocenters. The second-order valence-corrected chi connectivity index (χ2v) is 7.84. The van der Waals surface area contributed by atoms with Crippen LogP contribution in [0.15, 0.2) is 22.7 Å². The van der Waals surface area contributed by atoms with Crippen LogP contribution in [-0.4, -0.2) is 64.5 Å². The maximum atomic E-state index is 11.8. The molecule has 0 aliphatic carbocycles. The SMILES string of the molecule is COc1cc(NC(C)=O)c(-n2nc3c(Br)cc(N)c(Cl)c3n2)cc1N(CCO)CCO. The molecule has 1 amide bonds. The standard InChI is InChI=1S/C19H22BrClN6O4/c1-10(30)23-13-8-16(31-2)15(26(3-5-28)4-6-29)9-14(13)27-24-18-11(20)7-12(22)17(21)19(18)25-27/h7-9,28-29H,3-6,22H2,1-2H3,(H,23,30). The minimum atomic E-state index is -0.293. The van der Waals surface area contributed by atoms with E-state index >= 15 is 0 Å². The van der Waals surface area contributed by atoms with Crippen molar-refractivity contribution in [3.63, 3.8) is 0 Å². The van der Waals surface area contributed by atoms with E-state index in [0.717, 1.165) is 0 Å². The monoisotopic (exact) mass is 512 g/mol. The van der Waals surface area contributed by atoms with Crippen LogP contribution in [0.1, 0.15) is 6.92 Å². The molecule has 1 aromatic heterocycles. The number of aliphatic hydroxyl groups is 2. The second kappa shape index (κ2) is 9.69. The molecule has 3 aromatic rings. The lowest BCUT2D eigenvalue weighted by Gasteiger charge is -2.26. The van der Waals surface area contributed by atoms with Crippen LogP contribution in [0.25, 0.3) is 16.7 Å². The first-order valence-corrected chi connectivity index (χ1v) is 10.4. The molecule has 166 valence electrons. The number of nitrogens with zero attached hydrogens (tertiary/aromatic N) is 4. The summed E-state index contributed by atoms with van der Waals surface area (Å²) in [6.45, 7) is 1.65. The Kier molecular flexibility index (Phi) is 7.21. The molecular formula is C19H22BrClN6O4. The Morgan fingerprint density at radius 2 is 1.90 bits per heavy atom. The summed E-state index contributed by atoms with van der Waals surface area (Å²) in [5.41, 5.74) is 8.59. The maximum absolute atomic E-state index is 11.8. The van der Waals surface area contributed by atoms with Crippen LogP contribution >= 0.6 is 27.5 Å². The van der Waals surface area contributed by atoms with Gasteiger partial charge in [-0.25, -0.2) is 0 Å². The van der Waals surface area contributed by atoms with E-state index in [1.165, 1.54) is 18.8 Å². The van der Waals surface area contributed by atoms with Crippen LogP contribution in [-0.2, 0) is 4.79 Å². The number of anilines is 3. The number of nitrogens with one attached hydrogen (secondary N) is 1. The number of aliphatic hydroxyl groups excluding tert-OH is 2. The molecule has 2 aromatic carbocycles. The van der Waals surface area contributed by atoms with Crippen molar-refractivity contribution in [1.29, 1.82) is 0 Å². The number of aromatic nitrogens is 3. The van der Waals surface area contributed by atoms with Gasteiger partial charge in [0.2, 0.25) is 5.91 Å². The van der Waals surface area contributed by atoms with Crippen molar-refractivity contribution in [3.05, 3.63) is 27.7 Å². The van der Waals surface area contributed by atoms with E-state index in [2.05, 4.69) is 31.4 Å². The molecule has 0 saturated heterocycles. The fraction of sp³-hybridized carbons (Fsp3) is 0.316. The number of ether oxygens (including phenoxy) is 1. The molecule has 0 bridgehead atoms. The zero-order chi connectivity index (χ0) is 22.7. The van der Waals surface area contributed by atoms with Gasteiger partial charge in [0.1, 0.15) is 22.5 Å². The van der Waals surface area contributed by atoms with Crippen molar-refractivity contribution in [1.82, 2.24) is 15.0 Å². The largest absolute Gasteiger partial charge is 0.495 e. The summed E-state index contributed by atoms with van der Waals surface area (Å²) in [6, 6.07) is 4.98. The van der Waals surface area contributed by atoms with Crippen molar-refractivity contribution in [2.24, 2.45) is 0 Å². The highest BCUT2D eigenvalue weighted by atomic mass is 79.9. The van der Waals surface area contributed by atoms with Crippen molar-refractivity contribution in [3.8, 4) is 11.4 Å². The maximum Gasteiger partial charge on any atom is 0.221 e. The van der Waals surface area contributed by atoms with Crippen LogP contribution < -0.4 is 20.7 Å². The summed E-state index contributed by atoms with van der Waals surface area (Å²) in [5, 5.41) is 30.9. The molecule has 0 aliphatic heterocycles. The average molecular weight is 514 g/mol. The number of methoxy groups -OCH3 is 1. The van der Waals surface area contributed by atoms with Gasteiger partial charge in [0.05, 0.1) is 42.4 Å². The average Bonchev–Trinajstić information content (AvgIpc) is 3.17. The molecule has 0 spiro atoms. The Labute approximate surface area is 191 Å². The number of amides is 1. The normalized spacial score (nSPS) is 11.0. The molecule has 0 saturated carbocycles. The van der Waals surface area contributed by atoms with Crippen LogP contribution in [0.3, 0.4) is 0 Å². The van der Waals surface area contributed by atoms with Crippen molar-refractivity contribution in [2.45, 2.75) is 6.92 Å². The molecule has 12 heteroatoms. The highest BCUT2D eigenvalue weighted by Crippen LogP contribution is 2.38. The predicted octanol–water partition coefficient (Wildman–Crippen LogP) is 2.18. The third-order valence-electron chi connectivity index (χ3n) is 4.49. The van der Waals surface area contributed by atoms with E-state index in [4.69, 9.17) is 22.1 Å². The van der Waals surface area contributed by atoms with Gasteiger partial charge in [-0.05, 0) is 28.1 Å². The molecular weight excluding hydrogens is 492 g/mol. The van der Waals surface area contributed by atoms with E-state index in [1.54, 1.807) is 23.1 Å². The topological polar surface area (TPSA) is 139 Å². The fourth-order valence-electron chi connectivity index (χ4n) is 3.15. The van der Waals surface area contributed by atoms with Gasteiger partial charge in [0, 0.05) is 30.6 Å². The first-order valence-electron chi connectivity index (χ1n) is 9.27. The molecule has 0 aliphatic rings. The fourth-order valence-corrected chi connectivity index (χ4v) is 3.84. The summed E-state index contributed by atoms with van der Waals surface area (Å²) >= 11 is 9.74. The second-order valence-electron chi connectivity index (χ2n) is 6.60. The Bertz CT molecular complexity index is 1120. The zero-order valence-electron chi connectivity index (χ0n) is 16.9. The van der Waals surface area contributed by atoms with Gasteiger partial charge in [-0.1, -0.05) is 11.6 Å². The number of fused-ring (bicyclic) bond motifs is 1. The first kappa shape index (κ1) is 23.1. The predicted molar refractivity (Wildman–Crippen MR) is 123 cm³/mol. The number of benzene rings is 2. The Morgan fingerprint density at radius 3 is 2.48 bits per heavy atom. The Balaban J connectivity index is 2.27. The lowest BCUT2D eigenvalue weighted by molar-refractivity contribution is -0.114. The third-order valence-corrected chi connectivity index (χ3v) is 5.49. The minimum absolute atomic E-state index is 0.127. The van der Waals surface area contributed by atoms with E-state index in [9.17, 15) is 15.0 Å². The number of carbonyl (C=O) groups is 1. The molecule has 3 rings (SSSR count). The van der Waals surface area contributed by atoms with Gasteiger partial charge in [0.25, 0.3) is 0 Å². The summed E-state index contributed by atoms with van der Waals surface area (Å²) < 4.78 is 6.11. The molecule has 0 fully saturated rings. The molecule has 0 atom stereocenters. The number of rotatable bonds is 8. The highest BCUT2D eigenvalue weighted by Gasteiger charge is 2.21. The van der Waals surface area contributed by atoms with E-state index in [0.29, 0.717) is 44.0 Å². The lowest BCUT2D eigenvalue weighted by atomic mass is 10.2. The number of halogens is 2. The quantitative estimate of drug-likeness (QED) is 0.336. The van der Waals surface area contributed by atoms with Crippen molar-refractivity contribution >= 4 is 61.5 Å². The Hall–Kier alpha value is -2.60. The third kappa shape index (κ3) is 4.69. The molecule has 10 nitrogen and oxygen atoms in total. The van der Waals surface area contributed by atoms with Gasteiger partial charge in [-0.2, -0.15) is 0 Å². The summed E-state index contributed by atoms with van der Waals surface area (Å²) in [4.78, 5) is 14.9. The number of hydrogen-bond acceptors (Lipinski definition) is 8. The van der Waals surface area contributed by atoms with Gasteiger partial charge < -0.3 is 30.9 Å². The van der Waals surface area contributed by atoms with Gasteiger partial charge in [-0.3, -0.25) is 4.79 Å². The Morgan fingerprint density at radius 1 is 1.26 bits per heavy atom. The zero-order valence-corrected chi connectivity index (χ0v) is 19.2. The van der Waals surface area contributed by atoms with E-state index in [-0.39, 0.29) is 37.2 Å².